The van der Waals surface area contributed by atoms with E-state index >= 15 is 0 Å². The van der Waals surface area contributed by atoms with Crippen LogP contribution in [0.2, 0.25) is 0 Å². The van der Waals surface area contributed by atoms with Gasteiger partial charge in [-0.25, -0.2) is 19.9 Å². The number of ether oxygens (including phenoxy) is 1. The Balaban J connectivity index is 1.96. The first kappa shape index (κ1) is 18.2. The van der Waals surface area contributed by atoms with Gasteiger partial charge in [0.05, 0.1) is 52.5 Å². The minimum Gasteiger partial charge on any atom is -0.396 e. The van der Waals surface area contributed by atoms with E-state index < -0.39 is 10.8 Å². The lowest BCUT2D eigenvalue weighted by atomic mass is 10.2. The highest BCUT2D eigenvalue weighted by atomic mass is 32.2. The smallest absolute Gasteiger partial charge is 0.190 e. The Morgan fingerprint density at radius 1 is 1.37 bits per heavy atom. The highest BCUT2D eigenvalue weighted by Crippen LogP contribution is 2.41. The number of hydrogen-bond acceptors (Lipinski definition) is 9. The van der Waals surface area contributed by atoms with Crippen LogP contribution in [-0.4, -0.2) is 48.2 Å². The van der Waals surface area contributed by atoms with Crippen LogP contribution in [0.5, 0.6) is 0 Å². The van der Waals surface area contributed by atoms with Crippen LogP contribution < -0.4 is 5.73 Å². The third-order valence-electron chi connectivity index (χ3n) is 3.92. The van der Waals surface area contributed by atoms with Crippen LogP contribution in [0.3, 0.4) is 0 Å². The highest BCUT2D eigenvalue weighted by Gasteiger charge is 2.23. The molecule has 1 unspecified atom stereocenters. The second kappa shape index (κ2) is 7.43. The maximum atomic E-state index is 12.7. The second-order valence-electron chi connectivity index (χ2n) is 5.65. The van der Waals surface area contributed by atoms with E-state index in [1.165, 1.54) is 22.7 Å². The van der Waals surface area contributed by atoms with Gasteiger partial charge in [0.25, 0.3) is 0 Å². The van der Waals surface area contributed by atoms with E-state index in [1.54, 1.807) is 25.8 Å². The maximum absolute atomic E-state index is 12.7. The molecule has 0 radical (unpaired) electrons. The van der Waals surface area contributed by atoms with Crippen LogP contribution in [0, 0.1) is 0 Å². The predicted octanol–water partition coefficient (Wildman–Crippen LogP) is 2.55. The van der Waals surface area contributed by atoms with Crippen LogP contribution in [0.1, 0.15) is 0 Å². The third-order valence-corrected chi connectivity index (χ3v) is 7.56. The first-order valence-electron chi connectivity index (χ1n) is 7.94. The summed E-state index contributed by atoms with van der Waals surface area (Å²) in [5.74, 6) is 0.894. The van der Waals surface area contributed by atoms with Gasteiger partial charge in [0.1, 0.15) is 14.7 Å². The van der Waals surface area contributed by atoms with Gasteiger partial charge in [-0.2, -0.15) is 0 Å². The quantitative estimate of drug-likeness (QED) is 0.510. The number of thiophene rings is 1. The van der Waals surface area contributed by atoms with Gasteiger partial charge in [-0.15, -0.1) is 22.7 Å². The number of aryl methyl sites for hydroxylation is 1. The Bertz CT molecular complexity index is 1120. The lowest BCUT2D eigenvalue weighted by Crippen LogP contribution is -2.05. The van der Waals surface area contributed by atoms with Gasteiger partial charge in [-0.1, -0.05) is 0 Å². The summed E-state index contributed by atoms with van der Waals surface area (Å²) < 4.78 is 20.2. The molecule has 0 aliphatic rings. The lowest BCUT2D eigenvalue weighted by molar-refractivity contribution is 0.218. The van der Waals surface area contributed by atoms with Crippen molar-refractivity contribution in [1.82, 2.24) is 24.5 Å². The number of imidazole rings is 1. The Kier molecular flexibility index (Phi) is 5.00. The minimum absolute atomic E-state index is 0.376. The van der Waals surface area contributed by atoms with Crippen LogP contribution in [-0.2, 0) is 22.6 Å². The van der Waals surface area contributed by atoms with Gasteiger partial charge < -0.3 is 15.0 Å². The molecule has 11 heteroatoms. The van der Waals surface area contributed by atoms with E-state index in [2.05, 4.69) is 15.0 Å². The number of nitrogen functional groups attached to an aromatic ring is 1. The molecule has 0 amide bonds. The molecule has 0 saturated carbocycles. The summed E-state index contributed by atoms with van der Waals surface area (Å²) in [5.41, 5.74) is 8.31. The van der Waals surface area contributed by atoms with E-state index in [-0.39, 0.29) is 0 Å². The van der Waals surface area contributed by atoms with Gasteiger partial charge in [-0.05, 0) is 0 Å². The summed E-state index contributed by atoms with van der Waals surface area (Å²) in [4.78, 5) is 18.5. The molecule has 4 aromatic rings. The predicted molar refractivity (Wildman–Crippen MR) is 108 cm³/mol. The van der Waals surface area contributed by atoms with Crippen molar-refractivity contribution in [2.24, 2.45) is 7.05 Å². The highest BCUT2D eigenvalue weighted by molar-refractivity contribution is 7.87. The number of nitrogens with zero attached hydrogens (tertiary/aromatic N) is 5. The average molecular weight is 421 g/mol. The molecule has 4 aromatic heterocycles. The number of hydrogen-bond donors (Lipinski definition) is 1. The fraction of sp³-hybridized carbons (Fsp3) is 0.250. The van der Waals surface area contributed by atoms with Gasteiger partial charge in [0.2, 0.25) is 0 Å². The summed E-state index contributed by atoms with van der Waals surface area (Å²) in [6, 6.07) is 0. The summed E-state index contributed by atoms with van der Waals surface area (Å²) in [7, 11) is 2.20. The molecule has 1 atom stereocenters. The zero-order valence-electron chi connectivity index (χ0n) is 14.6. The number of rotatable bonds is 6. The molecule has 0 saturated heterocycles. The van der Waals surface area contributed by atoms with Crippen molar-refractivity contribution >= 4 is 49.4 Å². The Morgan fingerprint density at radius 2 is 2.22 bits per heavy atom. The van der Waals surface area contributed by atoms with E-state index in [0.29, 0.717) is 49.0 Å². The van der Waals surface area contributed by atoms with Crippen molar-refractivity contribution in [1.29, 1.82) is 0 Å². The van der Waals surface area contributed by atoms with Crippen molar-refractivity contribution in [3.63, 3.8) is 0 Å². The zero-order valence-corrected chi connectivity index (χ0v) is 17.0. The summed E-state index contributed by atoms with van der Waals surface area (Å²) in [5, 5.41) is 3.29. The molecule has 0 aliphatic carbocycles. The van der Waals surface area contributed by atoms with Crippen LogP contribution in [0.25, 0.3) is 32.4 Å². The topological polar surface area (TPSA) is 109 Å². The molecule has 0 fully saturated rings. The second-order valence-corrected chi connectivity index (χ2v) is 9.31. The van der Waals surface area contributed by atoms with E-state index in [0.717, 1.165) is 5.69 Å². The molecule has 4 rings (SSSR count). The van der Waals surface area contributed by atoms with Crippen molar-refractivity contribution in [2.45, 2.75) is 4.21 Å². The number of nitrogens with two attached hydrogens (primary N) is 1. The molecular formula is C16H16N6O2S3. The minimum atomic E-state index is -1.27. The summed E-state index contributed by atoms with van der Waals surface area (Å²) >= 11 is 2.79. The molecule has 0 bridgehead atoms. The molecule has 27 heavy (non-hydrogen) atoms. The van der Waals surface area contributed by atoms with Crippen molar-refractivity contribution < 1.29 is 8.95 Å². The Hall–Kier alpha value is -2.21. The maximum Gasteiger partial charge on any atom is 0.190 e. The first-order valence-corrected chi connectivity index (χ1v) is 11.0. The van der Waals surface area contributed by atoms with Crippen molar-refractivity contribution in [3.05, 3.63) is 24.1 Å². The normalized spacial score (nSPS) is 12.7. The number of anilines is 1. The van der Waals surface area contributed by atoms with Crippen LogP contribution >= 0.6 is 22.7 Å². The van der Waals surface area contributed by atoms with Gasteiger partial charge in [0.15, 0.2) is 10.8 Å². The van der Waals surface area contributed by atoms with Crippen molar-refractivity contribution in [2.75, 3.05) is 25.2 Å². The third kappa shape index (κ3) is 3.27. The Morgan fingerprint density at radius 3 is 2.89 bits per heavy atom. The first-order chi connectivity index (χ1) is 13.1. The summed E-state index contributed by atoms with van der Waals surface area (Å²) in [6.07, 6.45) is 5.14. The lowest BCUT2D eigenvalue weighted by Gasteiger charge is -2.06. The molecule has 140 valence electrons. The fourth-order valence-corrected chi connectivity index (χ4v) is 5.73. The number of thiazole rings is 1. The Labute approximate surface area is 165 Å². The molecule has 2 N–H and O–H groups in total. The monoisotopic (exact) mass is 420 g/mol. The van der Waals surface area contributed by atoms with E-state index in [9.17, 15) is 4.21 Å². The van der Waals surface area contributed by atoms with Gasteiger partial charge in [-0.3, -0.25) is 4.21 Å². The number of fused-ring (bicyclic) bond motifs is 1. The largest absolute Gasteiger partial charge is 0.396 e. The zero-order chi connectivity index (χ0) is 19.0. The average Bonchev–Trinajstić information content (AvgIpc) is 3.39. The van der Waals surface area contributed by atoms with Gasteiger partial charge >= 0.3 is 0 Å². The standard InChI is InChI=1S/C16H16N6O2S3/c1-22-8-18-7-9(22)12-10-11(17)16(27(23)6-4-24-2)26-14(10)21-13(20-12)15-19-3-5-25-15/h3,5,7-8H,4,6,17H2,1-2H3. The van der Waals surface area contributed by atoms with Crippen LogP contribution in [0.4, 0.5) is 5.69 Å². The van der Waals surface area contributed by atoms with E-state index in [1.807, 2.05) is 17.0 Å². The van der Waals surface area contributed by atoms with Gasteiger partial charge in [0, 0.05) is 25.7 Å². The molecule has 4 heterocycles. The number of methoxy groups -OCH3 is 1. The molecular weight excluding hydrogens is 404 g/mol. The molecule has 8 nitrogen and oxygen atoms in total. The molecule has 0 aromatic carbocycles. The summed E-state index contributed by atoms with van der Waals surface area (Å²) in [6.45, 7) is 0.394. The van der Waals surface area contributed by atoms with E-state index in [4.69, 9.17) is 15.5 Å². The number of aromatic nitrogens is 5. The molecule has 0 aliphatic heterocycles. The van der Waals surface area contributed by atoms with Crippen LogP contribution in [0.15, 0.2) is 28.3 Å². The molecule has 0 spiro atoms. The van der Waals surface area contributed by atoms with Crippen molar-refractivity contribution in [3.8, 4) is 22.2 Å². The SMILES string of the molecule is COCCS(=O)c1sc2nc(-c3nccs3)nc(-c3cncn3C)c2c1N. The fourth-order valence-electron chi connectivity index (χ4n) is 2.62.